The van der Waals surface area contributed by atoms with Crippen LogP contribution in [-0.4, -0.2) is 10.9 Å². The number of ether oxygens (including phenoxy) is 1. The lowest BCUT2D eigenvalue weighted by atomic mass is 10.0. The minimum atomic E-state index is -0.132. The average molecular weight is 379 g/mol. The Morgan fingerprint density at radius 2 is 1.66 bits per heavy atom. The largest absolute Gasteiger partial charge is 0.457 e. The molecule has 1 aliphatic rings. The highest BCUT2D eigenvalue weighted by Gasteiger charge is 2.26. The van der Waals surface area contributed by atoms with E-state index in [2.05, 4.69) is 15.6 Å². The smallest absolute Gasteiger partial charge is 0.257 e. The minimum Gasteiger partial charge on any atom is -0.457 e. The number of nitrogens with zero attached hydrogens (tertiary/aromatic N) is 1. The van der Waals surface area contributed by atoms with Crippen LogP contribution in [0.2, 0.25) is 0 Å². The highest BCUT2D eigenvalue weighted by atomic mass is 16.5. The van der Waals surface area contributed by atoms with Crippen molar-refractivity contribution in [3.8, 4) is 11.5 Å². The number of carbonyl (C=O) groups is 1. The number of hydrogen-bond donors (Lipinski definition) is 2. The van der Waals surface area contributed by atoms with Gasteiger partial charge in [0.1, 0.15) is 11.5 Å². The highest BCUT2D eigenvalue weighted by Crippen LogP contribution is 2.37. The SMILES string of the molecule is O=C1Nc2ccc3ncccc3c2/C1=C/Nc1ccc(Oc2ccccc2)cc1. The molecule has 0 aliphatic carbocycles. The molecule has 2 heterocycles. The van der Waals surface area contributed by atoms with Gasteiger partial charge < -0.3 is 15.4 Å². The Labute approximate surface area is 167 Å². The number of pyridine rings is 1. The molecule has 29 heavy (non-hydrogen) atoms. The van der Waals surface area contributed by atoms with E-state index in [0.29, 0.717) is 5.57 Å². The van der Waals surface area contributed by atoms with Crippen LogP contribution < -0.4 is 15.4 Å². The van der Waals surface area contributed by atoms with Gasteiger partial charge >= 0.3 is 0 Å². The maximum absolute atomic E-state index is 12.5. The number of anilines is 2. The van der Waals surface area contributed by atoms with Crippen LogP contribution in [0, 0.1) is 0 Å². The molecular weight excluding hydrogens is 362 g/mol. The summed E-state index contributed by atoms with van der Waals surface area (Å²) in [5.74, 6) is 1.40. The van der Waals surface area contributed by atoms with Gasteiger partial charge in [-0.05, 0) is 54.6 Å². The molecule has 4 aromatic rings. The highest BCUT2D eigenvalue weighted by molar-refractivity contribution is 6.34. The van der Waals surface area contributed by atoms with Crippen LogP contribution in [0.4, 0.5) is 11.4 Å². The second-order valence-electron chi connectivity index (χ2n) is 6.65. The van der Waals surface area contributed by atoms with Crippen molar-refractivity contribution in [3.63, 3.8) is 0 Å². The fourth-order valence-corrected chi connectivity index (χ4v) is 3.39. The van der Waals surface area contributed by atoms with E-state index in [4.69, 9.17) is 4.74 Å². The molecule has 0 spiro atoms. The van der Waals surface area contributed by atoms with Crippen molar-refractivity contribution in [2.24, 2.45) is 0 Å². The molecule has 2 N–H and O–H groups in total. The number of rotatable bonds is 4. The Morgan fingerprint density at radius 1 is 0.862 bits per heavy atom. The molecule has 140 valence electrons. The number of aromatic nitrogens is 1. The van der Waals surface area contributed by atoms with Gasteiger partial charge in [-0.15, -0.1) is 0 Å². The summed E-state index contributed by atoms with van der Waals surface area (Å²) in [5, 5.41) is 7.08. The first-order chi connectivity index (χ1) is 14.3. The standard InChI is InChI=1S/C24H17N3O2/c28-24-20(23-19-7-4-14-25-21(19)12-13-22(23)27-24)15-26-16-8-10-18(11-9-16)29-17-5-2-1-3-6-17/h1-15,26H,(H,27,28)/b20-15-. The van der Waals surface area contributed by atoms with Gasteiger partial charge in [-0.2, -0.15) is 0 Å². The summed E-state index contributed by atoms with van der Waals surface area (Å²) in [4.78, 5) is 16.9. The van der Waals surface area contributed by atoms with E-state index in [1.807, 2.05) is 78.9 Å². The second kappa shape index (κ2) is 7.13. The maximum atomic E-state index is 12.5. The molecule has 1 aliphatic heterocycles. The average Bonchev–Trinajstić information content (AvgIpc) is 3.09. The molecule has 1 amide bonds. The Kier molecular flexibility index (Phi) is 4.18. The predicted octanol–water partition coefficient (Wildman–Crippen LogP) is 5.43. The Bertz CT molecular complexity index is 1230. The third-order valence-electron chi connectivity index (χ3n) is 4.76. The summed E-state index contributed by atoms with van der Waals surface area (Å²) in [6.45, 7) is 0. The first-order valence-electron chi connectivity index (χ1n) is 9.27. The molecule has 0 bridgehead atoms. The van der Waals surface area contributed by atoms with Crippen LogP contribution >= 0.6 is 0 Å². The monoisotopic (exact) mass is 379 g/mol. The van der Waals surface area contributed by atoms with E-state index >= 15 is 0 Å². The summed E-state index contributed by atoms with van der Waals surface area (Å²) < 4.78 is 5.81. The molecule has 5 nitrogen and oxygen atoms in total. The maximum Gasteiger partial charge on any atom is 0.257 e. The lowest BCUT2D eigenvalue weighted by molar-refractivity contribution is -0.110. The molecule has 0 unspecified atom stereocenters. The molecule has 0 saturated heterocycles. The van der Waals surface area contributed by atoms with E-state index in [9.17, 15) is 4.79 Å². The van der Waals surface area contributed by atoms with Crippen molar-refractivity contribution in [1.29, 1.82) is 0 Å². The third kappa shape index (κ3) is 3.30. The molecule has 1 aromatic heterocycles. The summed E-state index contributed by atoms with van der Waals surface area (Å²) in [6, 6.07) is 24.9. The molecule has 3 aromatic carbocycles. The Morgan fingerprint density at radius 3 is 2.48 bits per heavy atom. The summed E-state index contributed by atoms with van der Waals surface area (Å²) in [7, 11) is 0. The minimum absolute atomic E-state index is 0.132. The van der Waals surface area contributed by atoms with E-state index in [0.717, 1.165) is 39.3 Å². The summed E-state index contributed by atoms with van der Waals surface area (Å²) in [5.41, 5.74) is 3.98. The van der Waals surface area contributed by atoms with Gasteiger partial charge in [-0.25, -0.2) is 0 Å². The van der Waals surface area contributed by atoms with E-state index in [1.165, 1.54) is 0 Å². The zero-order valence-electron chi connectivity index (χ0n) is 15.4. The molecule has 0 saturated carbocycles. The quantitative estimate of drug-likeness (QED) is 0.464. The van der Waals surface area contributed by atoms with Gasteiger partial charge in [0.15, 0.2) is 0 Å². The van der Waals surface area contributed by atoms with Gasteiger partial charge in [-0.1, -0.05) is 24.3 Å². The van der Waals surface area contributed by atoms with Crippen molar-refractivity contribution < 1.29 is 9.53 Å². The normalized spacial score (nSPS) is 13.9. The van der Waals surface area contributed by atoms with Crippen LogP contribution in [0.5, 0.6) is 11.5 Å². The molecular formula is C24H17N3O2. The zero-order valence-corrected chi connectivity index (χ0v) is 15.4. The third-order valence-corrected chi connectivity index (χ3v) is 4.76. The Hall–Kier alpha value is -4.12. The molecule has 0 fully saturated rings. The van der Waals surface area contributed by atoms with Gasteiger partial charge in [0.2, 0.25) is 0 Å². The lowest BCUT2D eigenvalue weighted by Gasteiger charge is -2.08. The lowest BCUT2D eigenvalue weighted by Crippen LogP contribution is -2.05. The van der Waals surface area contributed by atoms with Crippen molar-refractivity contribution in [2.75, 3.05) is 10.6 Å². The number of carbonyl (C=O) groups excluding carboxylic acids is 1. The zero-order chi connectivity index (χ0) is 19.6. The van der Waals surface area contributed by atoms with Crippen LogP contribution in [-0.2, 0) is 4.79 Å². The number of hydrogen-bond acceptors (Lipinski definition) is 4. The second-order valence-corrected chi connectivity index (χ2v) is 6.65. The van der Waals surface area contributed by atoms with Crippen LogP contribution in [0.15, 0.2) is 91.3 Å². The van der Waals surface area contributed by atoms with Crippen molar-refractivity contribution in [3.05, 3.63) is 96.8 Å². The van der Waals surface area contributed by atoms with Crippen molar-refractivity contribution >= 4 is 33.8 Å². The number of fused-ring (bicyclic) bond motifs is 3. The van der Waals surface area contributed by atoms with E-state index in [-0.39, 0.29) is 5.91 Å². The van der Waals surface area contributed by atoms with Gasteiger partial charge in [0, 0.05) is 34.7 Å². The van der Waals surface area contributed by atoms with E-state index in [1.54, 1.807) is 12.4 Å². The fraction of sp³-hybridized carbons (Fsp3) is 0. The first-order valence-corrected chi connectivity index (χ1v) is 9.27. The number of amides is 1. The van der Waals surface area contributed by atoms with Crippen molar-refractivity contribution in [2.45, 2.75) is 0 Å². The van der Waals surface area contributed by atoms with Gasteiger partial charge in [0.05, 0.1) is 11.1 Å². The number of para-hydroxylation sites is 1. The predicted molar refractivity (Wildman–Crippen MR) is 115 cm³/mol. The topological polar surface area (TPSA) is 63.2 Å². The van der Waals surface area contributed by atoms with Crippen LogP contribution in [0.25, 0.3) is 16.5 Å². The number of benzene rings is 3. The van der Waals surface area contributed by atoms with Crippen LogP contribution in [0.3, 0.4) is 0 Å². The summed E-state index contributed by atoms with van der Waals surface area (Å²) >= 11 is 0. The van der Waals surface area contributed by atoms with Gasteiger partial charge in [0.25, 0.3) is 5.91 Å². The van der Waals surface area contributed by atoms with Crippen LogP contribution in [0.1, 0.15) is 5.56 Å². The molecule has 5 rings (SSSR count). The molecule has 0 atom stereocenters. The Balaban J connectivity index is 1.40. The molecule has 5 heteroatoms. The number of nitrogens with one attached hydrogen (secondary N) is 2. The van der Waals surface area contributed by atoms with E-state index < -0.39 is 0 Å². The first kappa shape index (κ1) is 17.0. The fourth-order valence-electron chi connectivity index (χ4n) is 3.39. The molecule has 0 radical (unpaired) electrons. The van der Waals surface area contributed by atoms with Crippen molar-refractivity contribution in [1.82, 2.24) is 4.98 Å². The summed E-state index contributed by atoms with van der Waals surface area (Å²) in [6.07, 6.45) is 3.49. The van der Waals surface area contributed by atoms with Gasteiger partial charge in [-0.3, -0.25) is 9.78 Å².